The molecule has 0 saturated carbocycles. The van der Waals surface area contributed by atoms with Gasteiger partial charge in [0.15, 0.2) is 0 Å². The topological polar surface area (TPSA) is 232 Å². The molecule has 0 aliphatic heterocycles. The number of hydrogen-bond donors (Lipinski definition) is 0. The Kier molecular flexibility index (Phi) is 27.5. The minimum atomic E-state index is -1.01. The lowest BCUT2D eigenvalue weighted by Crippen LogP contribution is -2.14. The van der Waals surface area contributed by atoms with E-state index in [0.717, 1.165) is 44.5 Å². The summed E-state index contributed by atoms with van der Waals surface area (Å²) in [5.41, 5.74) is 6.43. The molecular weight excluding hydrogens is 1570 g/mol. The summed E-state index contributed by atoms with van der Waals surface area (Å²) < 4.78 is 85.8. The molecule has 0 amide bonds. The Balaban J connectivity index is 0.709. The summed E-state index contributed by atoms with van der Waals surface area (Å²) in [6.07, 6.45) is 0. The van der Waals surface area contributed by atoms with Gasteiger partial charge in [-0.05, 0) is 142 Å². The highest BCUT2D eigenvalue weighted by atomic mass is 16.6. The number of benzene rings is 15. The van der Waals surface area contributed by atoms with Crippen LogP contribution in [0.25, 0.3) is 0 Å². The quantitative estimate of drug-likeness (QED) is 0.0262. The van der Waals surface area contributed by atoms with E-state index < -0.39 is 35.8 Å². The fourth-order valence-corrected chi connectivity index (χ4v) is 12.5. The van der Waals surface area contributed by atoms with E-state index in [1.54, 1.807) is 24.3 Å². The Morgan fingerprint density at radius 3 is 0.403 bits per heavy atom. The maximum atomic E-state index is 14.7. The number of esters is 6. The fourth-order valence-electron chi connectivity index (χ4n) is 12.5. The minimum Gasteiger partial charge on any atom is -0.489 e. The van der Waals surface area contributed by atoms with E-state index in [0.29, 0.717) is 0 Å². The van der Waals surface area contributed by atoms with Crippen LogP contribution < -0.4 is 66.3 Å². The lowest BCUT2D eigenvalue weighted by atomic mass is 10.1. The molecule has 0 saturated heterocycles. The van der Waals surface area contributed by atoms with Gasteiger partial charge >= 0.3 is 35.8 Å². The van der Waals surface area contributed by atoms with E-state index in [-0.39, 0.29) is 167 Å². The van der Waals surface area contributed by atoms with Gasteiger partial charge in [-0.15, -0.1) is 0 Å². The van der Waals surface area contributed by atoms with E-state index in [1.165, 1.54) is 109 Å². The van der Waals surface area contributed by atoms with Gasteiger partial charge in [0.05, 0.1) is 33.4 Å². The van der Waals surface area contributed by atoms with E-state index in [2.05, 4.69) is 0 Å². The van der Waals surface area contributed by atoms with E-state index in [1.807, 2.05) is 243 Å². The first kappa shape index (κ1) is 82.6. The van der Waals surface area contributed by atoms with Crippen molar-refractivity contribution in [3.63, 3.8) is 0 Å². The van der Waals surface area contributed by atoms with Crippen LogP contribution in [0, 0.1) is 0 Å². The molecule has 0 atom stereocenters. The van der Waals surface area contributed by atoms with E-state index >= 15 is 0 Å². The summed E-state index contributed by atoms with van der Waals surface area (Å²) in [6, 6.07) is 107. The molecule has 0 aromatic heterocycles. The number of hydrogen-bond acceptors (Lipinski definition) is 20. The van der Waals surface area contributed by atoms with Gasteiger partial charge in [-0.3, -0.25) is 0 Å². The molecule has 20 heteroatoms. The molecule has 614 valence electrons. The lowest BCUT2D eigenvalue weighted by molar-refractivity contribution is 0.0700. The van der Waals surface area contributed by atoms with Gasteiger partial charge in [0.2, 0.25) is 0 Å². The fraction of sp³-hybridized carbons (Fsp3) is 0.0769. The molecule has 0 unspecified atom stereocenters. The van der Waals surface area contributed by atoms with Crippen molar-refractivity contribution in [3.8, 4) is 80.5 Å². The summed E-state index contributed by atoms with van der Waals surface area (Å²) >= 11 is 0. The predicted octanol–water partition coefficient (Wildman–Crippen LogP) is 21.6. The van der Waals surface area contributed by atoms with Gasteiger partial charge in [0.1, 0.15) is 133 Å². The van der Waals surface area contributed by atoms with Gasteiger partial charge in [-0.1, -0.05) is 243 Å². The maximum Gasteiger partial charge on any atom is 0.343 e. The minimum absolute atomic E-state index is 0.00151. The highest BCUT2D eigenvalue weighted by molar-refractivity contribution is 5.98. The van der Waals surface area contributed by atoms with E-state index in [9.17, 15) is 28.8 Å². The smallest absolute Gasteiger partial charge is 0.343 e. The molecule has 0 aliphatic rings. The van der Waals surface area contributed by atoms with Crippen LogP contribution in [-0.2, 0) is 52.9 Å². The summed E-state index contributed by atoms with van der Waals surface area (Å²) in [5, 5.41) is 0. The third-order valence-electron chi connectivity index (χ3n) is 18.8. The van der Waals surface area contributed by atoms with Crippen LogP contribution in [0.5, 0.6) is 80.5 Å². The third-order valence-corrected chi connectivity index (χ3v) is 18.8. The Labute approximate surface area is 714 Å². The molecule has 20 nitrogen and oxygen atoms in total. The van der Waals surface area contributed by atoms with Crippen molar-refractivity contribution in [2.45, 2.75) is 52.9 Å². The zero-order chi connectivity index (χ0) is 85.0. The van der Waals surface area contributed by atoms with Crippen LogP contribution in [0.15, 0.2) is 376 Å². The Bertz CT molecular complexity index is 5210. The van der Waals surface area contributed by atoms with Gasteiger partial charge < -0.3 is 66.3 Å². The Morgan fingerprint density at radius 2 is 0.258 bits per heavy atom. The van der Waals surface area contributed by atoms with Crippen LogP contribution in [0.4, 0.5) is 0 Å². The van der Waals surface area contributed by atoms with Crippen LogP contribution in [-0.4, -0.2) is 35.8 Å². The van der Waals surface area contributed by atoms with Crippen LogP contribution in [0.3, 0.4) is 0 Å². The third kappa shape index (κ3) is 24.4. The average molecular weight is 1650 g/mol. The van der Waals surface area contributed by atoms with Crippen molar-refractivity contribution < 1.29 is 95.1 Å². The predicted molar refractivity (Wildman–Crippen MR) is 461 cm³/mol. The molecule has 15 aromatic rings. The van der Waals surface area contributed by atoms with Crippen molar-refractivity contribution in [3.05, 3.63) is 454 Å². The Hall–Kier alpha value is -16.5. The maximum absolute atomic E-state index is 14.7. The first-order valence-corrected chi connectivity index (χ1v) is 39.4. The van der Waals surface area contributed by atoms with Gasteiger partial charge in [-0.2, -0.15) is 0 Å². The van der Waals surface area contributed by atoms with Crippen molar-refractivity contribution in [2.75, 3.05) is 0 Å². The largest absolute Gasteiger partial charge is 0.489 e. The van der Waals surface area contributed by atoms with Crippen LogP contribution in [0.2, 0.25) is 0 Å². The van der Waals surface area contributed by atoms with Crippen LogP contribution >= 0.6 is 0 Å². The molecule has 0 heterocycles. The normalized spacial score (nSPS) is 10.7. The standard InChI is InChI=1S/C104H78O20/c105-99(83-53-95(121-101(107)79-45-87(111-63-71-25-9-1-10-26-71)57-88(46-79)112-64-72-27-11-2-12-28-72)61-96(54-83)122-102(108)80-47-89(113-65-73-29-13-3-14-30-73)58-90(48-80)114-66-74-31-15-4-16-32-74)119-85-41-43-86(44-42-85)120-100(106)84-55-97(123-103(109)81-49-91(115-67-75-33-17-5-18-34-75)59-92(50-81)116-68-76-35-19-6-20-36-76)62-98(56-84)124-104(110)82-51-93(117-69-77-37-21-7-22-38-77)60-94(52-82)118-70-78-39-23-8-24-40-78/h1-62H,63-70H2. The first-order chi connectivity index (χ1) is 60.8. The zero-order valence-corrected chi connectivity index (χ0v) is 66.6. The number of rotatable bonds is 36. The molecule has 0 fully saturated rings. The van der Waals surface area contributed by atoms with E-state index in [4.69, 9.17) is 66.3 Å². The molecule has 0 spiro atoms. The summed E-state index contributed by atoms with van der Waals surface area (Å²) in [7, 11) is 0. The summed E-state index contributed by atoms with van der Waals surface area (Å²) in [6.45, 7) is 1.23. The molecule has 0 bridgehead atoms. The number of ether oxygens (including phenoxy) is 14. The average Bonchev–Trinajstić information content (AvgIpc) is 0.813. The summed E-state index contributed by atoms with van der Waals surface area (Å²) in [5.74, 6) is -4.52. The molecule has 15 rings (SSSR count). The second-order valence-electron chi connectivity index (χ2n) is 28.2. The molecule has 0 radical (unpaired) electrons. The highest BCUT2D eigenvalue weighted by Crippen LogP contribution is 2.35. The van der Waals surface area contributed by atoms with Crippen molar-refractivity contribution >= 4 is 35.8 Å². The SMILES string of the molecule is O=C(Oc1cc(OC(=O)c2cc(OCc3ccccc3)cc(OCc3ccccc3)c2)cc(C(=O)Oc2ccc(OC(=O)c3cc(OC(=O)c4cc(OCc5ccccc5)cc(OCc5ccccc5)c4)cc(OC(=O)c4cc(OCc5ccccc5)cc(OCc5ccccc5)c4)c3)cc2)c1)c1cc(OCc2ccccc2)cc(OCc2ccccc2)c1. The second-order valence-corrected chi connectivity index (χ2v) is 28.2. The first-order valence-electron chi connectivity index (χ1n) is 39.4. The summed E-state index contributed by atoms with van der Waals surface area (Å²) in [4.78, 5) is 87.7. The number of carbonyl (C=O) groups is 6. The van der Waals surface area contributed by atoms with Gasteiger partial charge in [0, 0.05) is 36.4 Å². The number of carbonyl (C=O) groups excluding carboxylic acids is 6. The molecule has 15 aromatic carbocycles. The zero-order valence-electron chi connectivity index (χ0n) is 66.6. The molecule has 124 heavy (non-hydrogen) atoms. The monoisotopic (exact) mass is 1650 g/mol. The molecule has 0 aliphatic carbocycles. The second kappa shape index (κ2) is 41.3. The lowest BCUT2D eigenvalue weighted by Gasteiger charge is -2.15. The van der Waals surface area contributed by atoms with Gasteiger partial charge in [0.25, 0.3) is 0 Å². The van der Waals surface area contributed by atoms with Crippen molar-refractivity contribution in [1.82, 2.24) is 0 Å². The molecular formula is C104H78O20. The van der Waals surface area contributed by atoms with Crippen molar-refractivity contribution in [2.24, 2.45) is 0 Å². The van der Waals surface area contributed by atoms with Crippen molar-refractivity contribution in [1.29, 1.82) is 0 Å². The Morgan fingerprint density at radius 1 is 0.137 bits per heavy atom. The molecule has 0 N–H and O–H groups in total. The highest BCUT2D eigenvalue weighted by Gasteiger charge is 2.25. The van der Waals surface area contributed by atoms with Gasteiger partial charge in [-0.25, -0.2) is 28.8 Å². The van der Waals surface area contributed by atoms with Crippen LogP contribution in [0.1, 0.15) is 107 Å².